The van der Waals surface area contributed by atoms with Crippen molar-refractivity contribution in [3.05, 3.63) is 87.3 Å². The summed E-state index contributed by atoms with van der Waals surface area (Å²) in [6.45, 7) is 7.39. The lowest BCUT2D eigenvalue weighted by atomic mass is 10.0. The molecule has 0 aromatic heterocycles. The summed E-state index contributed by atoms with van der Waals surface area (Å²) in [7, 11) is 0. The Hall–Kier alpha value is -3.41. The van der Waals surface area contributed by atoms with Crippen molar-refractivity contribution in [1.29, 1.82) is 0 Å². The largest absolute Gasteiger partial charge is 0.494 e. The van der Waals surface area contributed by atoms with Gasteiger partial charge >= 0.3 is 5.97 Å². The molecule has 230 valence electrons. The third kappa shape index (κ3) is 7.99. The Kier molecular flexibility index (Phi) is 10.9. The minimum absolute atomic E-state index is 0.159. The zero-order valence-electron chi connectivity index (χ0n) is 24.3. The first-order valence-electron chi connectivity index (χ1n) is 14.4. The van der Waals surface area contributed by atoms with E-state index in [9.17, 15) is 9.59 Å². The molecule has 2 aliphatic heterocycles. The van der Waals surface area contributed by atoms with Crippen molar-refractivity contribution in [1.82, 2.24) is 9.80 Å². The topological polar surface area (TPSA) is 88.5 Å². The van der Waals surface area contributed by atoms with E-state index in [2.05, 4.69) is 4.90 Å². The van der Waals surface area contributed by atoms with Gasteiger partial charge in [-0.2, -0.15) is 0 Å². The number of carbonyl (C=O) groups excluding carboxylic acids is 1. The monoisotopic (exact) mass is 652 g/mol. The fraction of sp³-hybridized carbons (Fsp3) is 0.303. The van der Waals surface area contributed by atoms with Crippen molar-refractivity contribution in [2.45, 2.75) is 13.3 Å². The van der Waals surface area contributed by atoms with Crippen LogP contribution in [0.3, 0.4) is 0 Å². The molecule has 2 saturated heterocycles. The Labute approximate surface area is 271 Å². The summed E-state index contributed by atoms with van der Waals surface area (Å²) < 4.78 is 17.8. The van der Waals surface area contributed by atoms with Crippen molar-refractivity contribution in [2.24, 2.45) is 0 Å². The quantitative estimate of drug-likeness (QED) is 0.180. The molecular formula is C33H33ClN2O6S2. The second-order valence-corrected chi connectivity index (χ2v) is 12.3. The number of rotatable bonds is 12. The van der Waals surface area contributed by atoms with Crippen LogP contribution in [0, 0.1) is 0 Å². The van der Waals surface area contributed by atoms with Crippen LogP contribution in [0.2, 0.25) is 5.02 Å². The Bertz CT molecular complexity index is 1560. The van der Waals surface area contributed by atoms with E-state index in [1.165, 1.54) is 11.8 Å². The predicted molar refractivity (Wildman–Crippen MR) is 178 cm³/mol. The van der Waals surface area contributed by atoms with Gasteiger partial charge in [-0.25, -0.2) is 4.79 Å². The normalized spacial score (nSPS) is 16.5. The van der Waals surface area contributed by atoms with Gasteiger partial charge in [0.2, 0.25) is 0 Å². The van der Waals surface area contributed by atoms with Crippen LogP contribution in [-0.2, 0) is 16.0 Å². The Morgan fingerprint density at radius 2 is 1.82 bits per heavy atom. The standard InChI is InChI=1S/C33H33ClN2O6S2/c1-2-41-25-8-9-26(28(34)21-25)27-19-23(5-10-29(27)42-18-15-35-13-16-40-17-14-35)20-30-31(37)36(33(43)44-30)12-11-22-3-6-24(7-4-22)32(38)39/h3-10,19-21H,2,11-18H2,1H3,(H,38,39). The molecule has 2 heterocycles. The van der Waals surface area contributed by atoms with E-state index in [0.717, 1.165) is 55.1 Å². The highest BCUT2D eigenvalue weighted by Crippen LogP contribution is 2.39. The van der Waals surface area contributed by atoms with Crippen LogP contribution in [0.4, 0.5) is 0 Å². The first kappa shape index (κ1) is 32.0. The number of amides is 1. The van der Waals surface area contributed by atoms with E-state index < -0.39 is 5.97 Å². The maximum Gasteiger partial charge on any atom is 0.335 e. The molecule has 0 saturated carbocycles. The fourth-order valence-corrected chi connectivity index (χ4v) is 6.53. The number of hydrogen-bond donors (Lipinski definition) is 1. The van der Waals surface area contributed by atoms with Crippen molar-refractivity contribution in [3.63, 3.8) is 0 Å². The van der Waals surface area contributed by atoms with Gasteiger partial charge in [-0.1, -0.05) is 53.8 Å². The van der Waals surface area contributed by atoms with E-state index in [1.807, 2.05) is 43.3 Å². The molecule has 44 heavy (non-hydrogen) atoms. The number of thiocarbonyl (C=S) groups is 1. The van der Waals surface area contributed by atoms with Gasteiger partial charge in [0.05, 0.1) is 35.3 Å². The van der Waals surface area contributed by atoms with Gasteiger partial charge in [0.25, 0.3) is 5.91 Å². The van der Waals surface area contributed by atoms with Crippen LogP contribution in [0.15, 0.2) is 65.6 Å². The van der Waals surface area contributed by atoms with Gasteiger partial charge in [-0.15, -0.1) is 0 Å². The molecule has 0 atom stereocenters. The minimum Gasteiger partial charge on any atom is -0.494 e. The zero-order chi connectivity index (χ0) is 31.1. The van der Waals surface area contributed by atoms with Crippen LogP contribution in [0.25, 0.3) is 17.2 Å². The van der Waals surface area contributed by atoms with Gasteiger partial charge < -0.3 is 19.3 Å². The number of carboxylic acids is 1. The van der Waals surface area contributed by atoms with E-state index in [4.69, 9.17) is 43.1 Å². The average molecular weight is 653 g/mol. The molecule has 0 bridgehead atoms. The van der Waals surface area contributed by atoms with Crippen LogP contribution in [0.5, 0.6) is 11.5 Å². The molecule has 1 N–H and O–H groups in total. The van der Waals surface area contributed by atoms with Gasteiger partial charge in [-0.05, 0) is 73.0 Å². The molecule has 2 aliphatic rings. The lowest BCUT2D eigenvalue weighted by molar-refractivity contribution is -0.122. The summed E-state index contributed by atoms with van der Waals surface area (Å²) in [5, 5.41) is 9.66. The molecule has 2 fully saturated rings. The number of thioether (sulfide) groups is 1. The molecule has 3 aromatic rings. The predicted octanol–water partition coefficient (Wildman–Crippen LogP) is 6.26. The molecule has 8 nitrogen and oxygen atoms in total. The second kappa shape index (κ2) is 15.0. The third-order valence-corrected chi connectivity index (χ3v) is 9.00. The van der Waals surface area contributed by atoms with Gasteiger partial charge in [0, 0.05) is 37.3 Å². The second-order valence-electron chi connectivity index (χ2n) is 10.2. The highest BCUT2D eigenvalue weighted by molar-refractivity contribution is 8.26. The summed E-state index contributed by atoms with van der Waals surface area (Å²) >= 11 is 13.5. The maximum atomic E-state index is 13.3. The average Bonchev–Trinajstić information content (AvgIpc) is 3.28. The third-order valence-electron chi connectivity index (χ3n) is 7.31. The zero-order valence-corrected chi connectivity index (χ0v) is 26.7. The number of morpholine rings is 1. The molecule has 0 spiro atoms. The number of aromatic carboxylic acids is 1. The van der Waals surface area contributed by atoms with Crippen molar-refractivity contribution in [3.8, 4) is 22.6 Å². The van der Waals surface area contributed by atoms with Crippen LogP contribution in [0.1, 0.15) is 28.4 Å². The summed E-state index contributed by atoms with van der Waals surface area (Å²) in [6.07, 6.45) is 2.39. The van der Waals surface area contributed by atoms with Gasteiger partial charge in [-0.3, -0.25) is 14.6 Å². The summed E-state index contributed by atoms with van der Waals surface area (Å²) in [5.74, 6) is 0.254. The van der Waals surface area contributed by atoms with Crippen molar-refractivity contribution >= 4 is 57.9 Å². The highest BCUT2D eigenvalue weighted by Gasteiger charge is 2.31. The Morgan fingerprint density at radius 1 is 1.05 bits per heavy atom. The van der Waals surface area contributed by atoms with Gasteiger partial charge in [0.1, 0.15) is 22.4 Å². The summed E-state index contributed by atoms with van der Waals surface area (Å²) in [5.41, 5.74) is 3.58. The molecule has 5 rings (SSSR count). The smallest absolute Gasteiger partial charge is 0.335 e. The van der Waals surface area contributed by atoms with E-state index in [-0.39, 0.29) is 11.5 Å². The molecule has 0 aliphatic carbocycles. The fourth-order valence-electron chi connectivity index (χ4n) is 4.95. The van der Waals surface area contributed by atoms with Crippen molar-refractivity contribution < 1.29 is 28.9 Å². The molecule has 1 amide bonds. The maximum absolute atomic E-state index is 13.3. The lowest BCUT2D eigenvalue weighted by Crippen LogP contribution is -2.38. The molecular weight excluding hydrogens is 620 g/mol. The molecule has 3 aromatic carbocycles. The first-order valence-corrected chi connectivity index (χ1v) is 16.0. The van der Waals surface area contributed by atoms with E-state index in [0.29, 0.717) is 51.9 Å². The number of nitrogens with zero attached hydrogens (tertiary/aromatic N) is 2. The molecule has 0 radical (unpaired) electrons. The first-order chi connectivity index (χ1) is 21.3. The Morgan fingerprint density at radius 3 is 2.52 bits per heavy atom. The van der Waals surface area contributed by atoms with Crippen LogP contribution in [-0.4, -0.2) is 83.7 Å². The number of halogens is 1. The van der Waals surface area contributed by atoms with E-state index in [1.54, 1.807) is 35.2 Å². The SMILES string of the molecule is CCOc1ccc(-c2cc(C=C3SC(=S)N(CCc4ccc(C(=O)O)cc4)C3=O)ccc2OCCN2CCOCC2)c(Cl)c1. The number of benzene rings is 3. The lowest BCUT2D eigenvalue weighted by Gasteiger charge is -2.26. The number of carboxylic acid groups (broad SMARTS) is 1. The van der Waals surface area contributed by atoms with Crippen LogP contribution < -0.4 is 9.47 Å². The van der Waals surface area contributed by atoms with Gasteiger partial charge in [0.15, 0.2) is 0 Å². The molecule has 11 heteroatoms. The van der Waals surface area contributed by atoms with Crippen molar-refractivity contribution in [2.75, 3.05) is 52.6 Å². The summed E-state index contributed by atoms with van der Waals surface area (Å²) in [6, 6.07) is 18.1. The van der Waals surface area contributed by atoms with E-state index >= 15 is 0 Å². The molecule has 0 unspecified atom stereocenters. The summed E-state index contributed by atoms with van der Waals surface area (Å²) in [4.78, 5) is 28.9. The Balaban J connectivity index is 1.34. The number of ether oxygens (including phenoxy) is 3. The highest BCUT2D eigenvalue weighted by atomic mass is 35.5. The van der Waals surface area contributed by atoms with Crippen LogP contribution >= 0.6 is 35.6 Å². The number of carbonyl (C=O) groups is 2. The number of hydrogen-bond acceptors (Lipinski definition) is 8. The minimum atomic E-state index is -0.973.